The Kier molecular flexibility index (Phi) is 4.88. The highest BCUT2D eigenvalue weighted by Gasteiger charge is 2.24. The van der Waals surface area contributed by atoms with Crippen LogP contribution >= 0.6 is 0 Å². The number of aryl methyl sites for hydroxylation is 1. The summed E-state index contributed by atoms with van der Waals surface area (Å²) in [6, 6.07) is 4.25. The molecule has 0 bridgehead atoms. The summed E-state index contributed by atoms with van der Waals surface area (Å²) in [5.74, 6) is 2.08. The molecule has 0 radical (unpaired) electrons. The highest BCUT2D eigenvalue weighted by Crippen LogP contribution is 2.28. The largest absolute Gasteiger partial charge is 0.381 e. The first-order valence-electron chi connectivity index (χ1n) is 9.29. The Morgan fingerprint density at radius 3 is 2.65 bits per heavy atom. The van der Waals surface area contributed by atoms with Gasteiger partial charge in [-0.25, -0.2) is 4.98 Å². The molecular formula is C19H26N6O. The van der Waals surface area contributed by atoms with Crippen molar-refractivity contribution in [1.82, 2.24) is 15.0 Å². The van der Waals surface area contributed by atoms with E-state index in [1.807, 2.05) is 19.4 Å². The van der Waals surface area contributed by atoms with E-state index in [0.717, 1.165) is 57.3 Å². The van der Waals surface area contributed by atoms with Crippen molar-refractivity contribution in [3.05, 3.63) is 35.8 Å². The molecule has 2 aliphatic rings. The minimum atomic E-state index is 0.379. The van der Waals surface area contributed by atoms with Crippen LogP contribution in [0.15, 0.2) is 24.5 Å². The number of rotatable bonds is 4. The van der Waals surface area contributed by atoms with E-state index in [0.29, 0.717) is 11.9 Å². The Labute approximate surface area is 154 Å². The lowest BCUT2D eigenvalue weighted by Gasteiger charge is -2.37. The minimum absolute atomic E-state index is 0.379. The summed E-state index contributed by atoms with van der Waals surface area (Å²) < 4.78 is 5.54. The molecule has 1 N–H and O–H groups in total. The van der Waals surface area contributed by atoms with Crippen molar-refractivity contribution in [3.63, 3.8) is 0 Å². The molecule has 4 rings (SSSR count). The van der Waals surface area contributed by atoms with Crippen molar-refractivity contribution >= 4 is 17.5 Å². The van der Waals surface area contributed by atoms with Gasteiger partial charge in [-0.1, -0.05) is 0 Å². The van der Waals surface area contributed by atoms with Crippen LogP contribution in [0.4, 0.5) is 17.5 Å². The minimum Gasteiger partial charge on any atom is -0.381 e. The molecule has 0 unspecified atom stereocenters. The molecule has 0 saturated carbocycles. The molecule has 2 aromatic heterocycles. The van der Waals surface area contributed by atoms with Crippen molar-refractivity contribution in [2.75, 3.05) is 61.6 Å². The smallest absolute Gasteiger partial charge is 0.224 e. The predicted octanol–water partition coefficient (Wildman–Crippen LogP) is 2.05. The topological polar surface area (TPSA) is 66.4 Å². The molecule has 0 aliphatic carbocycles. The van der Waals surface area contributed by atoms with Gasteiger partial charge in [0.1, 0.15) is 5.82 Å². The molecule has 26 heavy (non-hydrogen) atoms. The quantitative estimate of drug-likeness (QED) is 0.901. The Bertz CT molecular complexity index is 753. The summed E-state index contributed by atoms with van der Waals surface area (Å²) in [5, 5.41) is 3.11. The van der Waals surface area contributed by atoms with Crippen molar-refractivity contribution in [2.24, 2.45) is 0 Å². The van der Waals surface area contributed by atoms with Crippen LogP contribution in [0, 0.1) is 6.92 Å². The van der Waals surface area contributed by atoms with E-state index in [9.17, 15) is 0 Å². The number of anilines is 3. The number of hydrogen-bond acceptors (Lipinski definition) is 7. The normalized spacial score (nSPS) is 20.5. The molecular weight excluding hydrogens is 328 g/mol. The van der Waals surface area contributed by atoms with Crippen LogP contribution in [0.3, 0.4) is 0 Å². The molecule has 2 fully saturated rings. The molecule has 0 amide bonds. The van der Waals surface area contributed by atoms with Gasteiger partial charge in [-0.05, 0) is 25.0 Å². The van der Waals surface area contributed by atoms with Gasteiger partial charge < -0.3 is 19.9 Å². The summed E-state index contributed by atoms with van der Waals surface area (Å²) >= 11 is 0. The molecule has 7 heteroatoms. The van der Waals surface area contributed by atoms with E-state index in [4.69, 9.17) is 9.72 Å². The maximum atomic E-state index is 5.54. The third-order valence-electron chi connectivity index (χ3n) is 5.24. The standard InChI is InChI=1S/C19H26N6O/c1-14-12-21-5-3-17(14)24-6-8-25(9-7-24)18-11-16(15-4-10-26-13-15)22-19(20-2)23-18/h3,5,11-12,15H,4,6-10,13H2,1-2H3,(H,20,22,23)/t15-/m0/s1. The Balaban J connectivity index is 1.50. The van der Waals surface area contributed by atoms with Crippen molar-refractivity contribution in [3.8, 4) is 0 Å². The third kappa shape index (κ3) is 3.44. The molecule has 2 aromatic rings. The number of nitrogens with zero attached hydrogens (tertiary/aromatic N) is 5. The van der Waals surface area contributed by atoms with Crippen molar-refractivity contribution in [2.45, 2.75) is 19.3 Å². The molecule has 4 heterocycles. The SMILES string of the molecule is CNc1nc([C@H]2CCOC2)cc(N2CCN(c3ccncc3C)CC2)n1. The fourth-order valence-corrected chi connectivity index (χ4v) is 3.70. The number of aromatic nitrogens is 3. The molecule has 7 nitrogen and oxygen atoms in total. The Morgan fingerprint density at radius 1 is 1.15 bits per heavy atom. The van der Waals surface area contributed by atoms with E-state index in [2.05, 4.69) is 44.1 Å². The molecule has 2 aliphatic heterocycles. The van der Waals surface area contributed by atoms with E-state index in [-0.39, 0.29) is 0 Å². The van der Waals surface area contributed by atoms with Gasteiger partial charge in [0.05, 0.1) is 12.3 Å². The second-order valence-electron chi connectivity index (χ2n) is 6.92. The monoisotopic (exact) mass is 354 g/mol. The average molecular weight is 354 g/mol. The van der Waals surface area contributed by atoms with Gasteiger partial charge in [0.25, 0.3) is 0 Å². The summed E-state index contributed by atoms with van der Waals surface area (Å²) in [4.78, 5) is 18.3. The zero-order valence-corrected chi connectivity index (χ0v) is 15.5. The zero-order chi connectivity index (χ0) is 17.9. The molecule has 0 spiro atoms. The van der Waals surface area contributed by atoms with E-state index in [1.165, 1.54) is 11.3 Å². The van der Waals surface area contributed by atoms with Crippen LogP contribution in [0.1, 0.15) is 23.6 Å². The molecule has 138 valence electrons. The second-order valence-corrected chi connectivity index (χ2v) is 6.92. The maximum absolute atomic E-state index is 5.54. The van der Waals surface area contributed by atoms with Crippen LogP contribution in [-0.2, 0) is 4.74 Å². The van der Waals surface area contributed by atoms with Crippen molar-refractivity contribution < 1.29 is 4.74 Å². The van der Waals surface area contributed by atoms with Crippen LogP contribution in [0.2, 0.25) is 0 Å². The Morgan fingerprint density at radius 2 is 1.96 bits per heavy atom. The summed E-state index contributed by atoms with van der Waals surface area (Å²) in [6.45, 7) is 7.55. The third-order valence-corrected chi connectivity index (χ3v) is 5.24. The number of piperazine rings is 1. The summed E-state index contributed by atoms with van der Waals surface area (Å²) in [5.41, 5.74) is 3.59. The average Bonchev–Trinajstić information content (AvgIpc) is 3.23. The molecule has 1 atom stereocenters. The Hall–Kier alpha value is -2.41. The van der Waals surface area contributed by atoms with Crippen molar-refractivity contribution in [1.29, 1.82) is 0 Å². The fourth-order valence-electron chi connectivity index (χ4n) is 3.70. The van der Waals surface area contributed by atoms with Gasteiger partial charge in [0, 0.05) is 69.9 Å². The van der Waals surface area contributed by atoms with E-state index in [1.54, 1.807) is 0 Å². The molecule has 0 aromatic carbocycles. The number of pyridine rings is 1. The summed E-state index contributed by atoms with van der Waals surface area (Å²) in [6.07, 6.45) is 4.84. The first-order chi connectivity index (χ1) is 12.7. The van der Waals surface area contributed by atoms with Crippen LogP contribution in [0.5, 0.6) is 0 Å². The van der Waals surface area contributed by atoms with E-state index < -0.39 is 0 Å². The number of hydrogen-bond donors (Lipinski definition) is 1. The first-order valence-corrected chi connectivity index (χ1v) is 9.29. The van der Waals surface area contributed by atoms with Gasteiger partial charge in [0.15, 0.2) is 0 Å². The number of ether oxygens (including phenoxy) is 1. The highest BCUT2D eigenvalue weighted by molar-refractivity contribution is 5.54. The van der Waals surface area contributed by atoms with Crippen LogP contribution in [-0.4, -0.2) is 61.4 Å². The van der Waals surface area contributed by atoms with Crippen LogP contribution < -0.4 is 15.1 Å². The van der Waals surface area contributed by atoms with Gasteiger partial charge in [-0.3, -0.25) is 4.98 Å². The van der Waals surface area contributed by atoms with Gasteiger partial charge in [-0.15, -0.1) is 0 Å². The highest BCUT2D eigenvalue weighted by atomic mass is 16.5. The number of nitrogens with one attached hydrogen (secondary N) is 1. The second kappa shape index (κ2) is 7.45. The predicted molar refractivity (Wildman–Crippen MR) is 103 cm³/mol. The lowest BCUT2D eigenvalue weighted by Crippen LogP contribution is -2.47. The lowest BCUT2D eigenvalue weighted by atomic mass is 10.0. The maximum Gasteiger partial charge on any atom is 0.224 e. The lowest BCUT2D eigenvalue weighted by molar-refractivity contribution is 0.193. The first kappa shape index (κ1) is 17.0. The van der Waals surface area contributed by atoms with E-state index >= 15 is 0 Å². The van der Waals surface area contributed by atoms with Gasteiger partial charge in [-0.2, -0.15) is 4.98 Å². The van der Waals surface area contributed by atoms with Crippen LogP contribution in [0.25, 0.3) is 0 Å². The molecule has 2 saturated heterocycles. The van der Waals surface area contributed by atoms with Gasteiger partial charge in [0.2, 0.25) is 5.95 Å². The zero-order valence-electron chi connectivity index (χ0n) is 15.5. The summed E-state index contributed by atoms with van der Waals surface area (Å²) in [7, 11) is 1.87. The fraction of sp³-hybridized carbons (Fsp3) is 0.526. The van der Waals surface area contributed by atoms with Gasteiger partial charge >= 0.3 is 0 Å².